The van der Waals surface area contributed by atoms with E-state index in [9.17, 15) is 15.0 Å². The summed E-state index contributed by atoms with van der Waals surface area (Å²) in [6.45, 7) is 11.8. The molecule has 58 heavy (non-hydrogen) atoms. The molecule has 0 spiro atoms. The van der Waals surface area contributed by atoms with Crippen LogP contribution in [0.5, 0.6) is 11.5 Å². The predicted molar refractivity (Wildman–Crippen MR) is 210 cm³/mol. The summed E-state index contributed by atoms with van der Waals surface area (Å²) in [6, 6.07) is 14.4. The van der Waals surface area contributed by atoms with Gasteiger partial charge in [-0.3, -0.25) is 0 Å². The van der Waals surface area contributed by atoms with E-state index in [0.29, 0.717) is 97.4 Å². The minimum atomic E-state index is -1.52. The number of carbonyl (C=O) groups excluding carboxylic acids is 1. The van der Waals surface area contributed by atoms with Gasteiger partial charge in [-0.15, -0.1) is 0 Å². The molecule has 4 bridgehead atoms. The Kier molecular flexibility index (Phi) is 16.3. The molecule has 0 amide bonds. The standard InChI is InChI=1S/C44H58O14/c1-29-21-48-9-13-52-25-33-17-37(18-34(41(33)45)26-53-14-10-49-22-30(2)56-29)44(40-8-6-5-7-39(40)43(47)58-44)38-19-35-27-54-15-11-50-23-31(3)57-32(4)24-51-12-16-55-28-36(20-38)42(35)46/h5-8,17-20,29-32,45-46H,9-16,21-28H2,1-4H3/t29-,30-,31-,32-/m0/s1. The van der Waals surface area contributed by atoms with Crippen LogP contribution in [0.4, 0.5) is 0 Å². The lowest BCUT2D eigenvalue weighted by Gasteiger charge is -2.32. The maximum atomic E-state index is 13.8. The lowest BCUT2D eigenvalue weighted by atomic mass is 9.77. The first-order chi connectivity index (χ1) is 28.2. The fraction of sp³-hybridized carbons (Fsp3) is 0.568. The minimum Gasteiger partial charge on any atom is -0.507 e. The van der Waals surface area contributed by atoms with E-state index in [0.717, 1.165) is 0 Å². The minimum absolute atomic E-state index is 0.00319. The van der Waals surface area contributed by atoms with Crippen LogP contribution in [-0.2, 0) is 84.1 Å². The van der Waals surface area contributed by atoms with Gasteiger partial charge in [-0.1, -0.05) is 18.2 Å². The molecule has 318 valence electrons. The number of ether oxygens (including phenoxy) is 11. The number of fused-ring (bicyclic) bond motifs is 5. The van der Waals surface area contributed by atoms with Gasteiger partial charge in [0, 0.05) is 38.9 Å². The summed E-state index contributed by atoms with van der Waals surface area (Å²) in [5.74, 6) is -0.513. The molecule has 2 N–H and O–H groups in total. The Morgan fingerprint density at radius 2 is 0.828 bits per heavy atom. The van der Waals surface area contributed by atoms with Crippen LogP contribution in [0.3, 0.4) is 0 Å². The first kappa shape index (κ1) is 43.9. The van der Waals surface area contributed by atoms with Crippen molar-refractivity contribution in [1.82, 2.24) is 0 Å². The van der Waals surface area contributed by atoms with Gasteiger partial charge < -0.3 is 62.3 Å². The number of rotatable bonds is 2. The molecular formula is C44H58O14. The second kappa shape index (κ2) is 21.5. The van der Waals surface area contributed by atoms with Crippen LogP contribution < -0.4 is 0 Å². The largest absolute Gasteiger partial charge is 0.507 e. The SMILES string of the molecule is C[C@H]1COCCOCc2cc(C3(c4cc5c(O)c(c4)COCCOC[C@H](C)O[C@@H](C)COCCOC5)OC(=O)c4ccccc43)cc(c2O)COCCOC[C@H](C)O1. The van der Waals surface area contributed by atoms with Crippen molar-refractivity contribution in [2.24, 2.45) is 0 Å². The molecule has 3 aliphatic heterocycles. The first-order valence-corrected chi connectivity index (χ1v) is 20.1. The van der Waals surface area contributed by atoms with Gasteiger partial charge in [-0.25, -0.2) is 4.79 Å². The second-order valence-corrected chi connectivity index (χ2v) is 14.9. The van der Waals surface area contributed by atoms with E-state index in [2.05, 4.69) is 0 Å². The zero-order valence-electron chi connectivity index (χ0n) is 34.0. The van der Waals surface area contributed by atoms with Crippen LogP contribution in [0, 0.1) is 0 Å². The van der Waals surface area contributed by atoms with E-state index in [1.165, 1.54) is 0 Å². The number of hydrogen-bond acceptors (Lipinski definition) is 14. The Morgan fingerprint density at radius 1 is 0.500 bits per heavy atom. The molecule has 4 atom stereocenters. The molecule has 0 unspecified atom stereocenters. The normalized spacial score (nSPS) is 25.3. The highest BCUT2D eigenvalue weighted by Gasteiger charge is 2.49. The Balaban J connectivity index is 1.39. The summed E-state index contributed by atoms with van der Waals surface area (Å²) in [6.07, 6.45) is -0.538. The molecule has 14 nitrogen and oxygen atoms in total. The summed E-state index contributed by atoms with van der Waals surface area (Å²) < 4.78 is 65.8. The van der Waals surface area contributed by atoms with Gasteiger partial charge in [0.05, 0.1) is 136 Å². The third-order valence-corrected chi connectivity index (χ3v) is 9.98. The second-order valence-electron chi connectivity index (χ2n) is 14.9. The molecule has 6 rings (SSSR count). The number of cyclic esters (lactones) is 1. The number of esters is 1. The maximum absolute atomic E-state index is 13.8. The van der Waals surface area contributed by atoms with Gasteiger partial charge in [0.2, 0.25) is 0 Å². The fourth-order valence-electron chi connectivity index (χ4n) is 7.33. The molecule has 14 heteroatoms. The zero-order valence-corrected chi connectivity index (χ0v) is 34.0. The van der Waals surface area contributed by atoms with Crippen molar-refractivity contribution in [2.75, 3.05) is 79.3 Å². The molecule has 0 radical (unpaired) electrons. The smallest absolute Gasteiger partial charge is 0.340 e. The third kappa shape index (κ3) is 11.3. The van der Waals surface area contributed by atoms with Crippen LogP contribution in [-0.4, -0.2) is 120 Å². The van der Waals surface area contributed by atoms with Crippen molar-refractivity contribution >= 4 is 5.97 Å². The Morgan fingerprint density at radius 3 is 1.19 bits per heavy atom. The Hall–Kier alpha value is -3.67. The van der Waals surface area contributed by atoms with E-state index in [-0.39, 0.29) is 88.8 Å². The number of aromatic hydroxyl groups is 2. The molecule has 0 saturated carbocycles. The maximum Gasteiger partial charge on any atom is 0.340 e. The van der Waals surface area contributed by atoms with Gasteiger partial charge in [-0.05, 0) is 58.0 Å². The van der Waals surface area contributed by atoms with Gasteiger partial charge in [-0.2, -0.15) is 0 Å². The van der Waals surface area contributed by atoms with Crippen molar-refractivity contribution in [3.63, 3.8) is 0 Å². The predicted octanol–water partition coefficient (Wildman–Crippen LogP) is 5.31. The van der Waals surface area contributed by atoms with Crippen LogP contribution in [0.2, 0.25) is 0 Å². The average Bonchev–Trinajstić information content (AvgIpc) is 3.51. The lowest BCUT2D eigenvalue weighted by molar-refractivity contribution is -0.0809. The van der Waals surface area contributed by atoms with Crippen LogP contribution in [0.25, 0.3) is 0 Å². The van der Waals surface area contributed by atoms with Crippen LogP contribution in [0.15, 0.2) is 48.5 Å². The topological polar surface area (TPSA) is 159 Å². The lowest BCUT2D eigenvalue weighted by Crippen LogP contribution is -2.30. The van der Waals surface area contributed by atoms with Crippen molar-refractivity contribution in [1.29, 1.82) is 0 Å². The fourth-order valence-corrected chi connectivity index (χ4v) is 7.33. The molecule has 0 aromatic heterocycles. The van der Waals surface area contributed by atoms with Crippen molar-refractivity contribution < 1.29 is 67.1 Å². The zero-order chi connectivity index (χ0) is 40.9. The van der Waals surface area contributed by atoms with E-state index < -0.39 is 11.6 Å². The van der Waals surface area contributed by atoms with E-state index in [1.807, 2.05) is 39.8 Å². The molecule has 3 heterocycles. The monoisotopic (exact) mass is 810 g/mol. The summed E-state index contributed by atoms with van der Waals surface area (Å²) in [7, 11) is 0. The van der Waals surface area contributed by atoms with Crippen LogP contribution in [0.1, 0.15) is 77.0 Å². The number of benzene rings is 3. The van der Waals surface area contributed by atoms with E-state index >= 15 is 0 Å². The van der Waals surface area contributed by atoms with Crippen LogP contribution >= 0.6 is 0 Å². The van der Waals surface area contributed by atoms with Gasteiger partial charge in [0.15, 0.2) is 5.60 Å². The van der Waals surface area contributed by atoms with E-state index in [1.54, 1.807) is 36.4 Å². The molecule has 0 aliphatic carbocycles. The third-order valence-electron chi connectivity index (χ3n) is 9.98. The van der Waals surface area contributed by atoms with Crippen molar-refractivity contribution in [2.45, 2.75) is 84.1 Å². The Bertz CT molecular complexity index is 1600. The molecule has 0 fully saturated rings. The number of hydrogen-bond donors (Lipinski definition) is 2. The highest BCUT2D eigenvalue weighted by molar-refractivity contribution is 5.96. The molecular weight excluding hydrogens is 752 g/mol. The summed E-state index contributed by atoms with van der Waals surface area (Å²) >= 11 is 0. The van der Waals surface area contributed by atoms with Crippen molar-refractivity contribution in [3.8, 4) is 11.5 Å². The van der Waals surface area contributed by atoms with Gasteiger partial charge >= 0.3 is 5.97 Å². The highest BCUT2D eigenvalue weighted by atomic mass is 16.6. The quantitative estimate of drug-likeness (QED) is 0.321. The highest BCUT2D eigenvalue weighted by Crippen LogP contribution is 2.49. The average molecular weight is 811 g/mol. The molecule has 3 aliphatic rings. The van der Waals surface area contributed by atoms with Gasteiger partial charge in [0.25, 0.3) is 0 Å². The first-order valence-electron chi connectivity index (χ1n) is 20.1. The number of phenolic OH excluding ortho intramolecular Hbond substituents is 2. The number of carbonyl (C=O) groups is 1. The number of phenols is 2. The van der Waals surface area contributed by atoms with Gasteiger partial charge in [0.1, 0.15) is 11.5 Å². The Labute approximate surface area is 340 Å². The molecule has 0 saturated heterocycles. The summed E-state index contributed by atoms with van der Waals surface area (Å²) in [5, 5.41) is 23.3. The van der Waals surface area contributed by atoms with E-state index in [4.69, 9.17) is 52.1 Å². The molecule has 3 aromatic rings. The van der Waals surface area contributed by atoms with Crippen molar-refractivity contribution in [3.05, 3.63) is 93.0 Å². The summed E-state index contributed by atoms with van der Waals surface area (Å²) in [4.78, 5) is 13.8. The molecule has 3 aromatic carbocycles. The summed E-state index contributed by atoms with van der Waals surface area (Å²) in [5.41, 5.74) is 2.42.